The maximum atomic E-state index is 8.33. The molecule has 4 nitrogen and oxygen atoms in total. The molecule has 0 aromatic heterocycles. The molecule has 0 unspecified atom stereocenters. The maximum absolute atomic E-state index is 8.33. The summed E-state index contributed by atoms with van der Waals surface area (Å²) in [6.45, 7) is 0. The molecule has 0 aliphatic heterocycles. The van der Waals surface area contributed by atoms with Crippen molar-refractivity contribution in [3.8, 4) is 0 Å². The first-order chi connectivity index (χ1) is 1.73. The second-order valence-corrected chi connectivity index (χ2v) is 0.250. The molecule has 0 rings (SSSR count). The predicted octanol–water partition coefficient (Wildman–Crippen LogP) is -2.57. The van der Waals surface area contributed by atoms with Gasteiger partial charge in [0.05, 0.1) is 0 Å². The van der Waals surface area contributed by atoms with Gasteiger partial charge in [-0.25, -0.2) is 0 Å². The van der Waals surface area contributed by atoms with Crippen LogP contribution in [0.5, 0.6) is 0 Å². The Kier molecular flexibility index (Phi) is 25.2. The van der Waals surface area contributed by atoms with Crippen molar-refractivity contribution in [2.45, 2.75) is 0 Å². The molecule has 5 heteroatoms. The summed E-state index contributed by atoms with van der Waals surface area (Å²) >= 11 is 0. The Balaban J connectivity index is -0.0000000450. The third-order valence-electron chi connectivity index (χ3n) is 0. The van der Waals surface area contributed by atoms with Crippen LogP contribution < -0.4 is 10.2 Å². The largest absolute Gasteiger partial charge is 4.00 e. The molecule has 0 heterocycles. The van der Waals surface area contributed by atoms with Gasteiger partial charge in [-0.2, -0.15) is 0 Å². The van der Waals surface area contributed by atoms with Crippen LogP contribution >= 0.6 is 0 Å². The summed E-state index contributed by atoms with van der Waals surface area (Å²) in [5.41, 5.74) is 0. The van der Waals surface area contributed by atoms with Crippen LogP contribution in [0.3, 0.4) is 0 Å². The molecule has 0 fully saturated rings. The molecule has 0 atom stereocenters. The average Bonchev–Trinajstić information content (AvgIpc) is 0.811. The number of hydrogen-bond donors (Lipinski definition) is 0. The number of carboxylic acid groups (broad SMARTS) is 2. The second-order valence-electron chi connectivity index (χ2n) is 0.250. The standard InChI is InChI=1S/CH2O3.Cr.O/c2-1(3)4;;/h(H2,2,3,4);;/q;+4;-2/p-2. The minimum Gasteiger partial charge on any atom is -2.00 e. The molecule has 0 aliphatic rings. The van der Waals surface area contributed by atoms with Crippen LogP contribution in [0.1, 0.15) is 0 Å². The van der Waals surface area contributed by atoms with Gasteiger partial charge in [-0.05, 0) is 6.16 Å². The topological polar surface area (TPSA) is 91.7 Å². The molecule has 0 saturated heterocycles. The second kappa shape index (κ2) is 8.83. The Hall–Kier alpha value is -0.238. The van der Waals surface area contributed by atoms with Gasteiger partial charge in [-0.15, -0.1) is 0 Å². The van der Waals surface area contributed by atoms with Gasteiger partial charge in [0.15, 0.2) is 0 Å². The molecule has 0 saturated carbocycles. The van der Waals surface area contributed by atoms with E-state index in [0.29, 0.717) is 0 Å². The van der Waals surface area contributed by atoms with Gasteiger partial charge in [0, 0.05) is 0 Å². The van der Waals surface area contributed by atoms with Crippen molar-refractivity contribution >= 4 is 6.16 Å². The predicted molar refractivity (Wildman–Crippen MR) is 6.08 cm³/mol. The first-order valence-corrected chi connectivity index (χ1v) is 0.612. The molecule has 0 aromatic rings. The minimum atomic E-state index is -2.33. The van der Waals surface area contributed by atoms with E-state index in [9.17, 15) is 0 Å². The van der Waals surface area contributed by atoms with E-state index in [0.717, 1.165) is 0 Å². The molecule has 0 N–H and O–H groups in total. The van der Waals surface area contributed by atoms with Crippen molar-refractivity contribution in [1.82, 2.24) is 0 Å². The van der Waals surface area contributed by atoms with Crippen LogP contribution in [-0.2, 0) is 22.8 Å². The first kappa shape index (κ1) is 17.1. The van der Waals surface area contributed by atoms with Crippen LogP contribution in [0, 0.1) is 0 Å². The van der Waals surface area contributed by atoms with Gasteiger partial charge in [0.1, 0.15) is 0 Å². The van der Waals surface area contributed by atoms with Crippen LogP contribution in [-0.4, -0.2) is 6.16 Å². The molecule has 0 aliphatic carbocycles. The molecule has 6 heavy (non-hydrogen) atoms. The molecular weight excluding hydrogens is 128 g/mol. The van der Waals surface area contributed by atoms with E-state index in [1.807, 2.05) is 0 Å². The number of rotatable bonds is 0. The third kappa shape index (κ3) is 509. The average molecular weight is 128 g/mol. The van der Waals surface area contributed by atoms with Gasteiger partial charge in [0.2, 0.25) is 0 Å². The van der Waals surface area contributed by atoms with Crippen LogP contribution in [0.4, 0.5) is 4.79 Å². The van der Waals surface area contributed by atoms with E-state index in [2.05, 4.69) is 0 Å². The van der Waals surface area contributed by atoms with E-state index in [-0.39, 0.29) is 22.8 Å². The Morgan fingerprint density at radius 2 is 1.33 bits per heavy atom. The fraction of sp³-hybridized carbons (Fsp3) is 0. The van der Waals surface area contributed by atoms with Crippen molar-refractivity contribution in [1.29, 1.82) is 0 Å². The van der Waals surface area contributed by atoms with Gasteiger partial charge >= 0.3 is 17.4 Å². The van der Waals surface area contributed by atoms with Gasteiger partial charge < -0.3 is 20.5 Å². The summed E-state index contributed by atoms with van der Waals surface area (Å²) in [7, 11) is 0. The van der Waals surface area contributed by atoms with E-state index in [1.165, 1.54) is 0 Å². The van der Waals surface area contributed by atoms with Crippen LogP contribution in [0.25, 0.3) is 0 Å². The molecular formula is CCrO4. The van der Waals surface area contributed by atoms with Crippen molar-refractivity contribution in [2.75, 3.05) is 0 Å². The Labute approximate surface area is 44.8 Å². The third-order valence-corrected chi connectivity index (χ3v) is 0. The Bertz CT molecular complexity index is 30.5. The zero-order chi connectivity index (χ0) is 3.58. The minimum absolute atomic E-state index is 0. The quantitative estimate of drug-likeness (QED) is 0.359. The summed E-state index contributed by atoms with van der Waals surface area (Å²) in [5.74, 6) is 0. The van der Waals surface area contributed by atoms with Gasteiger partial charge in [-0.1, -0.05) is 0 Å². The molecule has 0 amide bonds. The molecule has 0 radical (unpaired) electrons. The Morgan fingerprint density at radius 1 is 1.33 bits per heavy atom. The van der Waals surface area contributed by atoms with E-state index in [4.69, 9.17) is 15.0 Å². The summed E-state index contributed by atoms with van der Waals surface area (Å²) in [6.07, 6.45) is -2.33. The summed E-state index contributed by atoms with van der Waals surface area (Å²) in [4.78, 5) is 8.33. The fourth-order valence-electron chi connectivity index (χ4n) is 0. The van der Waals surface area contributed by atoms with Crippen molar-refractivity contribution in [2.24, 2.45) is 0 Å². The normalized spacial score (nSPS) is 4.00. The maximum Gasteiger partial charge on any atom is 4.00 e. The van der Waals surface area contributed by atoms with Gasteiger partial charge in [0.25, 0.3) is 0 Å². The van der Waals surface area contributed by atoms with Crippen LogP contribution in [0.2, 0.25) is 0 Å². The fourth-order valence-corrected chi connectivity index (χ4v) is 0. The van der Waals surface area contributed by atoms with E-state index in [1.54, 1.807) is 0 Å². The zero-order valence-corrected chi connectivity index (χ0v) is 3.82. The summed E-state index contributed by atoms with van der Waals surface area (Å²) < 4.78 is 0. The Morgan fingerprint density at radius 3 is 1.33 bits per heavy atom. The van der Waals surface area contributed by atoms with Gasteiger partial charge in [-0.3, -0.25) is 0 Å². The summed E-state index contributed by atoms with van der Waals surface area (Å²) in [5, 5.41) is 16.7. The molecule has 0 spiro atoms. The van der Waals surface area contributed by atoms with E-state index < -0.39 is 6.16 Å². The van der Waals surface area contributed by atoms with E-state index >= 15 is 0 Å². The monoisotopic (exact) mass is 128 g/mol. The number of carbonyl (C=O) groups is 1. The van der Waals surface area contributed by atoms with Crippen molar-refractivity contribution in [3.63, 3.8) is 0 Å². The van der Waals surface area contributed by atoms with Crippen LogP contribution in [0.15, 0.2) is 0 Å². The smallest absolute Gasteiger partial charge is 2.00 e. The first-order valence-electron chi connectivity index (χ1n) is 0.612. The zero-order valence-electron chi connectivity index (χ0n) is 2.54. The number of carbonyl (C=O) groups excluding carboxylic acids is 1. The van der Waals surface area contributed by atoms with Crippen molar-refractivity contribution in [3.05, 3.63) is 0 Å². The van der Waals surface area contributed by atoms with Crippen molar-refractivity contribution < 1.29 is 37.8 Å². The number of hydrogen-bond acceptors (Lipinski definition) is 3. The molecule has 0 aromatic carbocycles. The summed E-state index contributed by atoms with van der Waals surface area (Å²) in [6, 6.07) is 0. The SMILES string of the molecule is O=C([O-])[O-].[Cr+4].[O-2]. The molecule has 34 valence electrons. The molecule has 0 bridgehead atoms.